The van der Waals surface area contributed by atoms with Crippen LogP contribution in [0.2, 0.25) is 0 Å². The summed E-state index contributed by atoms with van der Waals surface area (Å²) in [5.74, 6) is 5.81. The van der Waals surface area contributed by atoms with Crippen molar-refractivity contribution in [1.29, 1.82) is 0 Å². The third kappa shape index (κ3) is 3.49. The molecule has 0 radical (unpaired) electrons. The van der Waals surface area contributed by atoms with Gasteiger partial charge in [-0.3, -0.25) is 0 Å². The van der Waals surface area contributed by atoms with Crippen LogP contribution in [0.4, 0.5) is 10.5 Å². The number of nitrogens with zero attached hydrogens (tertiary/aromatic N) is 1. The Bertz CT molecular complexity index is 522. The summed E-state index contributed by atoms with van der Waals surface area (Å²) in [6.45, 7) is 3.97. The molecule has 4 nitrogen and oxygen atoms in total. The maximum Gasteiger partial charge on any atom is 0.321 e. The Labute approximate surface area is 114 Å². The summed E-state index contributed by atoms with van der Waals surface area (Å²) in [5.41, 5.74) is 8.05. The predicted octanol–water partition coefficient (Wildman–Crippen LogP) is 1.93. The maximum atomic E-state index is 12.1. The highest BCUT2D eigenvalue weighted by molar-refractivity contribution is 5.91. The van der Waals surface area contributed by atoms with Gasteiger partial charge in [0.1, 0.15) is 0 Å². The van der Waals surface area contributed by atoms with Gasteiger partial charge in [-0.05, 0) is 37.5 Å². The lowest BCUT2D eigenvalue weighted by molar-refractivity contribution is 0.222. The first-order chi connectivity index (χ1) is 9.20. The number of nitrogens with one attached hydrogen (secondary N) is 1. The van der Waals surface area contributed by atoms with Crippen molar-refractivity contribution in [1.82, 2.24) is 4.90 Å². The van der Waals surface area contributed by atoms with Gasteiger partial charge in [-0.2, -0.15) is 0 Å². The number of hydrogen-bond acceptors (Lipinski definition) is 2. The van der Waals surface area contributed by atoms with Crippen LogP contribution in [0, 0.1) is 18.8 Å². The minimum atomic E-state index is -0.0427. The van der Waals surface area contributed by atoms with Gasteiger partial charge < -0.3 is 16.0 Å². The van der Waals surface area contributed by atoms with Crippen LogP contribution in [0.5, 0.6) is 0 Å². The van der Waals surface area contributed by atoms with Crippen molar-refractivity contribution in [2.75, 3.05) is 25.0 Å². The molecule has 2 rings (SSSR count). The molecule has 4 heteroatoms. The monoisotopic (exact) mass is 257 g/mol. The molecule has 1 aliphatic rings. The topological polar surface area (TPSA) is 58.4 Å². The van der Waals surface area contributed by atoms with Crippen LogP contribution in [0.1, 0.15) is 24.0 Å². The average molecular weight is 257 g/mol. The fourth-order valence-electron chi connectivity index (χ4n) is 2.13. The number of urea groups is 1. The smallest absolute Gasteiger partial charge is 0.321 e. The number of carbonyl (C=O) groups excluding carboxylic acids is 1. The van der Waals surface area contributed by atoms with E-state index in [9.17, 15) is 4.79 Å². The number of aryl methyl sites for hydroxylation is 1. The van der Waals surface area contributed by atoms with Gasteiger partial charge in [0.25, 0.3) is 0 Å². The molecule has 0 saturated carbocycles. The van der Waals surface area contributed by atoms with E-state index in [1.54, 1.807) is 0 Å². The van der Waals surface area contributed by atoms with Gasteiger partial charge in [-0.1, -0.05) is 17.9 Å². The maximum absolute atomic E-state index is 12.1. The fraction of sp³-hybridized carbons (Fsp3) is 0.400. The number of likely N-dealkylation sites (tertiary alicyclic amines) is 1. The molecule has 19 heavy (non-hydrogen) atoms. The summed E-state index contributed by atoms with van der Waals surface area (Å²) in [4.78, 5) is 13.9. The van der Waals surface area contributed by atoms with Crippen molar-refractivity contribution in [2.45, 2.75) is 19.8 Å². The summed E-state index contributed by atoms with van der Waals surface area (Å²) in [6, 6.07) is 5.79. The number of amides is 2. The Kier molecular flexibility index (Phi) is 4.43. The number of carbonyl (C=O) groups is 1. The first-order valence-electron chi connectivity index (χ1n) is 6.56. The first-order valence-corrected chi connectivity index (χ1v) is 6.56. The molecule has 1 aromatic carbocycles. The SMILES string of the molecule is Cc1ccc(C#CCN)c(NC(=O)N2CCCC2)c1. The van der Waals surface area contributed by atoms with Crippen LogP contribution in [-0.4, -0.2) is 30.6 Å². The zero-order chi connectivity index (χ0) is 13.7. The number of anilines is 1. The van der Waals surface area contributed by atoms with Crippen LogP contribution in [0.3, 0.4) is 0 Å². The molecule has 0 spiro atoms. The highest BCUT2D eigenvalue weighted by Crippen LogP contribution is 2.18. The molecule has 1 saturated heterocycles. The Morgan fingerprint density at radius 1 is 1.42 bits per heavy atom. The lowest BCUT2D eigenvalue weighted by Gasteiger charge is -2.17. The second-order valence-electron chi connectivity index (χ2n) is 4.68. The molecule has 0 atom stereocenters. The van der Waals surface area contributed by atoms with E-state index in [1.165, 1.54) is 0 Å². The van der Waals surface area contributed by atoms with E-state index >= 15 is 0 Å². The fourth-order valence-corrected chi connectivity index (χ4v) is 2.13. The number of benzene rings is 1. The summed E-state index contributed by atoms with van der Waals surface area (Å²) in [7, 11) is 0. The van der Waals surface area contributed by atoms with Crippen LogP contribution in [-0.2, 0) is 0 Å². The molecule has 0 aromatic heterocycles. The zero-order valence-corrected chi connectivity index (χ0v) is 11.2. The summed E-state index contributed by atoms with van der Waals surface area (Å²) >= 11 is 0. The Morgan fingerprint density at radius 2 is 2.16 bits per heavy atom. The number of rotatable bonds is 1. The van der Waals surface area contributed by atoms with Crippen LogP contribution < -0.4 is 11.1 Å². The second-order valence-corrected chi connectivity index (χ2v) is 4.68. The van der Waals surface area contributed by atoms with Crippen molar-refractivity contribution in [2.24, 2.45) is 5.73 Å². The van der Waals surface area contributed by atoms with E-state index in [0.29, 0.717) is 6.54 Å². The van der Waals surface area contributed by atoms with Gasteiger partial charge in [-0.25, -0.2) is 4.79 Å². The summed E-state index contributed by atoms with van der Waals surface area (Å²) < 4.78 is 0. The van der Waals surface area contributed by atoms with Gasteiger partial charge in [0.15, 0.2) is 0 Å². The zero-order valence-electron chi connectivity index (χ0n) is 11.2. The average Bonchev–Trinajstić information content (AvgIpc) is 2.92. The second kappa shape index (κ2) is 6.26. The third-order valence-corrected chi connectivity index (χ3v) is 3.14. The Balaban J connectivity index is 2.17. The minimum Gasteiger partial charge on any atom is -0.325 e. The quantitative estimate of drug-likeness (QED) is 0.755. The molecule has 1 aliphatic heterocycles. The predicted molar refractivity (Wildman–Crippen MR) is 76.9 cm³/mol. The molecule has 3 N–H and O–H groups in total. The highest BCUT2D eigenvalue weighted by atomic mass is 16.2. The molecule has 2 amide bonds. The summed E-state index contributed by atoms with van der Waals surface area (Å²) in [5, 5.41) is 2.95. The van der Waals surface area contributed by atoms with Crippen molar-refractivity contribution in [3.8, 4) is 11.8 Å². The van der Waals surface area contributed by atoms with E-state index in [4.69, 9.17) is 5.73 Å². The minimum absolute atomic E-state index is 0.0427. The van der Waals surface area contributed by atoms with Gasteiger partial charge in [-0.15, -0.1) is 0 Å². The van der Waals surface area contributed by atoms with Crippen LogP contribution >= 0.6 is 0 Å². The molecular weight excluding hydrogens is 238 g/mol. The number of hydrogen-bond donors (Lipinski definition) is 2. The normalized spacial score (nSPS) is 13.9. The lowest BCUT2D eigenvalue weighted by Crippen LogP contribution is -2.32. The van der Waals surface area contributed by atoms with Crippen LogP contribution in [0.15, 0.2) is 18.2 Å². The van der Waals surface area contributed by atoms with Gasteiger partial charge in [0.05, 0.1) is 12.2 Å². The standard InChI is InChI=1S/C15H19N3O/c1-12-6-7-13(5-4-8-16)14(11-12)17-15(19)18-9-2-3-10-18/h6-7,11H,2-3,8-10,16H2,1H3,(H,17,19). The first kappa shape index (κ1) is 13.4. The van der Waals surface area contributed by atoms with E-state index in [0.717, 1.165) is 42.7 Å². The van der Waals surface area contributed by atoms with Crippen LogP contribution in [0.25, 0.3) is 0 Å². The molecule has 0 bridgehead atoms. The Morgan fingerprint density at radius 3 is 2.84 bits per heavy atom. The highest BCUT2D eigenvalue weighted by Gasteiger charge is 2.18. The molecule has 0 aliphatic carbocycles. The Hall–Kier alpha value is -1.99. The number of nitrogens with two attached hydrogens (primary N) is 1. The molecule has 1 aromatic rings. The van der Waals surface area contributed by atoms with Gasteiger partial charge in [0, 0.05) is 18.7 Å². The largest absolute Gasteiger partial charge is 0.325 e. The van der Waals surface area contributed by atoms with E-state index in [2.05, 4.69) is 17.2 Å². The summed E-state index contributed by atoms with van der Waals surface area (Å²) in [6.07, 6.45) is 2.17. The van der Waals surface area contributed by atoms with Crippen molar-refractivity contribution in [3.63, 3.8) is 0 Å². The van der Waals surface area contributed by atoms with Crippen molar-refractivity contribution < 1.29 is 4.79 Å². The lowest BCUT2D eigenvalue weighted by atomic mass is 10.1. The van der Waals surface area contributed by atoms with E-state index in [1.807, 2.05) is 30.0 Å². The third-order valence-electron chi connectivity index (χ3n) is 3.14. The van der Waals surface area contributed by atoms with E-state index in [-0.39, 0.29) is 6.03 Å². The van der Waals surface area contributed by atoms with Crippen molar-refractivity contribution >= 4 is 11.7 Å². The molecule has 0 unspecified atom stereocenters. The molecule has 1 heterocycles. The van der Waals surface area contributed by atoms with Gasteiger partial charge in [0.2, 0.25) is 0 Å². The molecule has 100 valence electrons. The van der Waals surface area contributed by atoms with Gasteiger partial charge >= 0.3 is 6.03 Å². The molecule has 1 fully saturated rings. The molecular formula is C15H19N3O. The van der Waals surface area contributed by atoms with E-state index < -0.39 is 0 Å². The van der Waals surface area contributed by atoms with Crippen molar-refractivity contribution in [3.05, 3.63) is 29.3 Å².